The molecule has 2 aliphatic heterocycles. The molecule has 2 fully saturated rings. The molecule has 24 heavy (non-hydrogen) atoms. The Morgan fingerprint density at radius 2 is 2.17 bits per heavy atom. The van der Waals surface area contributed by atoms with Crippen LogP contribution in [-0.2, 0) is 16.0 Å². The second-order valence-electron chi connectivity index (χ2n) is 5.59. The van der Waals surface area contributed by atoms with Crippen molar-refractivity contribution in [1.29, 1.82) is 0 Å². The Bertz CT molecular complexity index is 513. The maximum atomic E-state index is 12.5. The largest absolute Gasteiger partial charge is 0.378 e. The first-order valence-corrected chi connectivity index (χ1v) is 8.72. The standard InChI is InChI=1S/C14H23N5O2S.2ClH/c1-2-12-16-14(22-17-12)19-6-3-5-18(7-8-19)13(20)11-10-21-9-4-15-11;;/h11,15H,2-10H2,1H3;2*1H. The van der Waals surface area contributed by atoms with Gasteiger partial charge in [0.25, 0.3) is 0 Å². The van der Waals surface area contributed by atoms with Gasteiger partial charge in [-0.25, -0.2) is 4.98 Å². The maximum absolute atomic E-state index is 12.5. The van der Waals surface area contributed by atoms with E-state index < -0.39 is 0 Å². The van der Waals surface area contributed by atoms with Gasteiger partial charge in [0.15, 0.2) is 0 Å². The highest BCUT2D eigenvalue weighted by molar-refractivity contribution is 7.09. The van der Waals surface area contributed by atoms with E-state index in [-0.39, 0.29) is 36.8 Å². The number of nitrogens with zero attached hydrogens (tertiary/aromatic N) is 4. The van der Waals surface area contributed by atoms with E-state index in [9.17, 15) is 4.79 Å². The lowest BCUT2D eigenvalue weighted by molar-refractivity contribution is -0.136. The Morgan fingerprint density at radius 1 is 1.33 bits per heavy atom. The Morgan fingerprint density at radius 3 is 2.83 bits per heavy atom. The van der Waals surface area contributed by atoms with Crippen LogP contribution in [0.15, 0.2) is 0 Å². The summed E-state index contributed by atoms with van der Waals surface area (Å²) in [7, 11) is 0. The van der Waals surface area contributed by atoms with Gasteiger partial charge in [-0.15, -0.1) is 24.8 Å². The molecule has 0 radical (unpaired) electrons. The van der Waals surface area contributed by atoms with Crippen LogP contribution in [0.25, 0.3) is 0 Å². The molecule has 138 valence electrons. The molecule has 10 heteroatoms. The van der Waals surface area contributed by atoms with Crippen molar-refractivity contribution in [3.8, 4) is 0 Å². The molecule has 3 heterocycles. The number of hydrogen-bond acceptors (Lipinski definition) is 7. The van der Waals surface area contributed by atoms with Crippen LogP contribution in [0, 0.1) is 0 Å². The van der Waals surface area contributed by atoms with Crippen LogP contribution < -0.4 is 10.2 Å². The van der Waals surface area contributed by atoms with Gasteiger partial charge in [-0.2, -0.15) is 4.37 Å². The lowest BCUT2D eigenvalue weighted by Crippen LogP contribution is -2.53. The van der Waals surface area contributed by atoms with Crippen LogP contribution in [0.2, 0.25) is 0 Å². The second kappa shape index (κ2) is 10.4. The van der Waals surface area contributed by atoms with Gasteiger partial charge in [-0.1, -0.05) is 6.92 Å². The summed E-state index contributed by atoms with van der Waals surface area (Å²) in [5, 5.41) is 4.22. The molecule has 2 aliphatic rings. The van der Waals surface area contributed by atoms with Crippen molar-refractivity contribution in [2.75, 3.05) is 50.8 Å². The highest BCUT2D eigenvalue weighted by Crippen LogP contribution is 2.19. The van der Waals surface area contributed by atoms with Crippen molar-refractivity contribution >= 4 is 47.4 Å². The molecule has 7 nitrogen and oxygen atoms in total. The lowest BCUT2D eigenvalue weighted by atomic mass is 10.2. The smallest absolute Gasteiger partial charge is 0.242 e. The van der Waals surface area contributed by atoms with E-state index in [2.05, 4.69) is 26.5 Å². The van der Waals surface area contributed by atoms with Gasteiger partial charge in [0.1, 0.15) is 11.9 Å². The summed E-state index contributed by atoms with van der Waals surface area (Å²) in [6, 6.07) is -0.187. The van der Waals surface area contributed by atoms with Crippen LogP contribution in [-0.4, -0.2) is 72.1 Å². The number of aryl methyl sites for hydroxylation is 1. The minimum atomic E-state index is -0.187. The zero-order valence-electron chi connectivity index (χ0n) is 13.8. The molecule has 1 atom stereocenters. The van der Waals surface area contributed by atoms with E-state index in [0.29, 0.717) is 13.2 Å². The number of amides is 1. The topological polar surface area (TPSA) is 70.6 Å². The van der Waals surface area contributed by atoms with Gasteiger partial charge in [0.05, 0.1) is 13.2 Å². The third-order valence-corrected chi connectivity index (χ3v) is 4.89. The molecule has 1 amide bonds. The van der Waals surface area contributed by atoms with E-state index >= 15 is 0 Å². The average molecular weight is 398 g/mol. The van der Waals surface area contributed by atoms with Crippen LogP contribution in [0.4, 0.5) is 5.13 Å². The van der Waals surface area contributed by atoms with E-state index in [4.69, 9.17) is 4.74 Å². The first-order chi connectivity index (χ1) is 10.8. The van der Waals surface area contributed by atoms with Gasteiger partial charge in [-0.3, -0.25) is 4.79 Å². The van der Waals surface area contributed by atoms with Gasteiger partial charge >= 0.3 is 0 Å². The van der Waals surface area contributed by atoms with Crippen molar-refractivity contribution in [2.45, 2.75) is 25.8 Å². The molecule has 0 spiro atoms. The third-order valence-electron chi connectivity index (χ3n) is 4.07. The number of halogens is 2. The molecule has 0 aromatic carbocycles. The molecule has 0 saturated carbocycles. The molecule has 1 unspecified atom stereocenters. The summed E-state index contributed by atoms with van der Waals surface area (Å²) in [5.41, 5.74) is 0. The van der Waals surface area contributed by atoms with E-state index in [1.165, 1.54) is 11.5 Å². The third kappa shape index (κ3) is 5.16. The number of ether oxygens (including phenoxy) is 1. The summed E-state index contributed by atoms with van der Waals surface area (Å²) in [4.78, 5) is 21.3. The molecule has 2 saturated heterocycles. The number of carbonyl (C=O) groups is 1. The summed E-state index contributed by atoms with van der Waals surface area (Å²) in [6.45, 7) is 7.26. The Balaban J connectivity index is 0.00000144. The fraction of sp³-hybridized carbons (Fsp3) is 0.786. The zero-order chi connectivity index (χ0) is 15.4. The predicted molar refractivity (Wildman–Crippen MR) is 99.8 cm³/mol. The van der Waals surface area contributed by atoms with Gasteiger partial charge in [-0.05, 0) is 6.42 Å². The number of carbonyl (C=O) groups excluding carboxylic acids is 1. The van der Waals surface area contributed by atoms with Crippen LogP contribution >= 0.6 is 36.3 Å². The number of nitrogens with one attached hydrogen (secondary N) is 1. The van der Waals surface area contributed by atoms with Crippen molar-refractivity contribution in [2.24, 2.45) is 0 Å². The first kappa shape index (κ1) is 21.4. The monoisotopic (exact) mass is 397 g/mol. The average Bonchev–Trinajstić information content (AvgIpc) is 2.92. The highest BCUT2D eigenvalue weighted by Gasteiger charge is 2.28. The quantitative estimate of drug-likeness (QED) is 0.819. The fourth-order valence-electron chi connectivity index (χ4n) is 2.79. The van der Waals surface area contributed by atoms with E-state index in [1.807, 2.05) is 4.90 Å². The van der Waals surface area contributed by atoms with Gasteiger partial charge in [0, 0.05) is 50.7 Å². The normalized spacial score (nSPS) is 21.5. The van der Waals surface area contributed by atoms with Gasteiger partial charge < -0.3 is 19.9 Å². The van der Waals surface area contributed by atoms with Crippen molar-refractivity contribution < 1.29 is 9.53 Å². The van der Waals surface area contributed by atoms with E-state index in [0.717, 1.165) is 56.5 Å². The molecule has 0 aliphatic carbocycles. The van der Waals surface area contributed by atoms with Crippen molar-refractivity contribution in [1.82, 2.24) is 19.6 Å². The molecular formula is C14H25Cl2N5O2S. The van der Waals surface area contributed by atoms with Crippen LogP contribution in [0.5, 0.6) is 0 Å². The predicted octanol–water partition coefficient (Wildman–Crippen LogP) is 0.971. The number of morpholine rings is 1. The second-order valence-corrected chi connectivity index (χ2v) is 6.32. The summed E-state index contributed by atoms with van der Waals surface area (Å²) >= 11 is 1.46. The SMILES string of the molecule is CCc1nsc(N2CCCN(C(=O)C3COCCN3)CC2)n1.Cl.Cl. The summed E-state index contributed by atoms with van der Waals surface area (Å²) in [5.74, 6) is 1.06. The minimum Gasteiger partial charge on any atom is -0.378 e. The Kier molecular flexibility index (Phi) is 9.22. The van der Waals surface area contributed by atoms with Crippen molar-refractivity contribution in [3.63, 3.8) is 0 Å². The molecular weight excluding hydrogens is 373 g/mol. The van der Waals surface area contributed by atoms with E-state index in [1.54, 1.807) is 0 Å². The Labute approximate surface area is 159 Å². The van der Waals surface area contributed by atoms with Crippen molar-refractivity contribution in [3.05, 3.63) is 5.82 Å². The Hall–Kier alpha value is -0.670. The number of hydrogen-bond donors (Lipinski definition) is 1. The molecule has 3 rings (SSSR count). The molecule has 0 bridgehead atoms. The zero-order valence-corrected chi connectivity index (χ0v) is 16.2. The van der Waals surface area contributed by atoms with Gasteiger partial charge in [0.2, 0.25) is 11.0 Å². The molecule has 1 aromatic heterocycles. The van der Waals surface area contributed by atoms with Crippen LogP contribution in [0.1, 0.15) is 19.2 Å². The highest BCUT2D eigenvalue weighted by atomic mass is 35.5. The summed E-state index contributed by atoms with van der Waals surface area (Å²) < 4.78 is 9.74. The minimum absolute atomic E-state index is 0. The molecule has 1 aromatic rings. The summed E-state index contributed by atoms with van der Waals surface area (Å²) in [6.07, 6.45) is 1.82. The maximum Gasteiger partial charge on any atom is 0.242 e. The molecule has 1 N–H and O–H groups in total. The number of aromatic nitrogens is 2. The lowest BCUT2D eigenvalue weighted by Gasteiger charge is -2.29. The number of anilines is 1. The van der Waals surface area contributed by atoms with Crippen LogP contribution in [0.3, 0.4) is 0 Å². The first-order valence-electron chi connectivity index (χ1n) is 7.95. The number of rotatable bonds is 3. The fourth-order valence-corrected chi connectivity index (χ4v) is 3.59.